The van der Waals surface area contributed by atoms with Crippen LogP contribution in [0, 0.1) is 18.8 Å². The van der Waals surface area contributed by atoms with Crippen LogP contribution in [-0.4, -0.2) is 61.7 Å². The molecule has 0 unspecified atom stereocenters. The molecule has 5 heterocycles. The summed E-state index contributed by atoms with van der Waals surface area (Å²) >= 11 is 0. The second-order valence-corrected chi connectivity index (χ2v) is 7.91. The topological polar surface area (TPSA) is 70.8 Å². The predicted molar refractivity (Wildman–Crippen MR) is 94.6 cm³/mol. The van der Waals surface area contributed by atoms with E-state index in [1.54, 1.807) is 10.6 Å². The maximum absolute atomic E-state index is 13.3. The van der Waals surface area contributed by atoms with Crippen LogP contribution in [0.3, 0.4) is 0 Å². The van der Waals surface area contributed by atoms with Crippen molar-refractivity contribution in [3.8, 4) is 0 Å². The maximum atomic E-state index is 13.3. The minimum Gasteiger partial charge on any atom is -0.339 e. The zero-order valence-electron chi connectivity index (χ0n) is 15.0. The molecule has 7 nitrogen and oxygen atoms in total. The van der Waals surface area contributed by atoms with Crippen molar-refractivity contribution < 1.29 is 9.59 Å². The molecule has 0 radical (unpaired) electrons. The zero-order valence-corrected chi connectivity index (χ0v) is 15.0. The molecule has 0 spiro atoms. The summed E-state index contributed by atoms with van der Waals surface area (Å²) in [7, 11) is 0. The first-order valence-corrected chi connectivity index (χ1v) is 9.50. The third-order valence-electron chi connectivity index (χ3n) is 6.25. The highest BCUT2D eigenvalue weighted by Gasteiger charge is 2.45. The molecule has 3 saturated heterocycles. The standard InChI is InChI=1S/C19H23N5O2/c1-12-17(23-7-3-6-20-19(23)21-12)18(26)22-9-13-8-14(11-22)15-4-2-5-16(25)24(15)10-13/h3,6-7,13-15H,2,4-5,8-11H2,1H3/t13-,14+,15-/m0/s1. The normalized spacial score (nSPS) is 28.3. The third-order valence-corrected chi connectivity index (χ3v) is 6.25. The first kappa shape index (κ1) is 15.8. The van der Waals surface area contributed by atoms with Crippen LogP contribution < -0.4 is 0 Å². The fraction of sp³-hybridized carbons (Fsp3) is 0.579. The van der Waals surface area contributed by atoms with E-state index in [0.717, 1.165) is 44.6 Å². The Hall–Kier alpha value is -2.44. The first-order valence-electron chi connectivity index (χ1n) is 9.50. The van der Waals surface area contributed by atoms with Gasteiger partial charge in [0.05, 0.1) is 5.69 Å². The average Bonchev–Trinajstić information content (AvgIpc) is 2.97. The molecule has 0 saturated carbocycles. The second-order valence-electron chi connectivity index (χ2n) is 7.91. The molecular weight excluding hydrogens is 330 g/mol. The molecule has 2 bridgehead atoms. The fourth-order valence-electron chi connectivity index (χ4n) is 5.18. The fourth-order valence-corrected chi connectivity index (χ4v) is 5.18. The molecule has 2 amide bonds. The number of likely N-dealkylation sites (tertiary alicyclic amines) is 1. The lowest BCUT2D eigenvalue weighted by Gasteiger charge is -2.52. The van der Waals surface area contributed by atoms with Gasteiger partial charge < -0.3 is 9.80 Å². The quantitative estimate of drug-likeness (QED) is 0.779. The number of fused-ring (bicyclic) bond motifs is 5. The van der Waals surface area contributed by atoms with Crippen LogP contribution in [0.4, 0.5) is 0 Å². The van der Waals surface area contributed by atoms with E-state index in [4.69, 9.17) is 0 Å². The molecule has 0 N–H and O–H groups in total. The van der Waals surface area contributed by atoms with Crippen LogP contribution in [0.5, 0.6) is 0 Å². The lowest BCUT2D eigenvalue weighted by molar-refractivity contribution is -0.144. The van der Waals surface area contributed by atoms with Crippen molar-refractivity contribution >= 4 is 17.6 Å². The van der Waals surface area contributed by atoms with Crippen LogP contribution in [-0.2, 0) is 4.79 Å². The van der Waals surface area contributed by atoms with Gasteiger partial charge in [-0.15, -0.1) is 0 Å². The summed E-state index contributed by atoms with van der Waals surface area (Å²) in [6.45, 7) is 4.13. The van der Waals surface area contributed by atoms with Crippen LogP contribution in [0.15, 0.2) is 18.5 Å². The molecular formula is C19H23N5O2. The first-order chi connectivity index (χ1) is 12.6. The summed E-state index contributed by atoms with van der Waals surface area (Å²) in [5, 5.41) is 0. The van der Waals surface area contributed by atoms with E-state index < -0.39 is 0 Å². The van der Waals surface area contributed by atoms with E-state index in [1.807, 2.05) is 24.1 Å². The highest BCUT2D eigenvalue weighted by molar-refractivity contribution is 5.94. The molecule has 3 fully saturated rings. The molecule has 0 aromatic carbocycles. The number of amides is 2. The number of carbonyl (C=O) groups is 2. The van der Waals surface area contributed by atoms with Gasteiger partial charge in [-0.2, -0.15) is 0 Å². The van der Waals surface area contributed by atoms with Crippen LogP contribution in [0.1, 0.15) is 41.9 Å². The summed E-state index contributed by atoms with van der Waals surface area (Å²) in [6.07, 6.45) is 7.41. The average molecular weight is 353 g/mol. The summed E-state index contributed by atoms with van der Waals surface area (Å²) < 4.78 is 1.79. The molecule has 7 heteroatoms. The van der Waals surface area contributed by atoms with E-state index in [1.165, 1.54) is 0 Å². The summed E-state index contributed by atoms with van der Waals surface area (Å²) in [5.41, 5.74) is 1.34. The van der Waals surface area contributed by atoms with Crippen LogP contribution in [0.2, 0.25) is 0 Å². The molecule has 2 aromatic rings. The number of hydrogen-bond acceptors (Lipinski definition) is 4. The van der Waals surface area contributed by atoms with E-state index in [9.17, 15) is 9.59 Å². The Morgan fingerprint density at radius 2 is 2.15 bits per heavy atom. The maximum Gasteiger partial charge on any atom is 0.272 e. The molecule has 26 heavy (non-hydrogen) atoms. The number of aromatic nitrogens is 3. The highest BCUT2D eigenvalue weighted by atomic mass is 16.2. The minimum absolute atomic E-state index is 0.0354. The minimum atomic E-state index is 0.0354. The van der Waals surface area contributed by atoms with Gasteiger partial charge in [-0.3, -0.25) is 14.0 Å². The predicted octanol–water partition coefficient (Wildman–Crippen LogP) is 1.51. The van der Waals surface area contributed by atoms with Gasteiger partial charge in [-0.25, -0.2) is 9.97 Å². The van der Waals surface area contributed by atoms with E-state index in [-0.39, 0.29) is 5.91 Å². The van der Waals surface area contributed by atoms with Gasteiger partial charge in [0.1, 0.15) is 5.69 Å². The SMILES string of the molecule is Cc1nc2ncccn2c1C(=O)N1C[C@@H]2C[C@H](C1)[C@@H]1CCCC(=O)N1C2. The van der Waals surface area contributed by atoms with E-state index >= 15 is 0 Å². The number of aryl methyl sites for hydroxylation is 1. The number of hydrogen-bond donors (Lipinski definition) is 0. The van der Waals surface area contributed by atoms with Gasteiger partial charge in [0.25, 0.3) is 5.91 Å². The van der Waals surface area contributed by atoms with Crippen LogP contribution in [0.25, 0.3) is 5.78 Å². The smallest absolute Gasteiger partial charge is 0.272 e. The van der Waals surface area contributed by atoms with E-state index in [2.05, 4.69) is 14.9 Å². The van der Waals surface area contributed by atoms with Crippen molar-refractivity contribution in [1.29, 1.82) is 0 Å². The largest absolute Gasteiger partial charge is 0.339 e. The summed E-state index contributed by atoms with van der Waals surface area (Å²) in [4.78, 5) is 38.4. The zero-order chi connectivity index (χ0) is 17.8. The van der Waals surface area contributed by atoms with Gasteiger partial charge in [0.15, 0.2) is 0 Å². The lowest BCUT2D eigenvalue weighted by atomic mass is 9.76. The van der Waals surface area contributed by atoms with Crippen molar-refractivity contribution in [3.63, 3.8) is 0 Å². The van der Waals surface area contributed by atoms with Crippen molar-refractivity contribution in [2.45, 2.75) is 38.6 Å². The molecule has 3 aliphatic rings. The number of piperidine rings is 3. The van der Waals surface area contributed by atoms with Crippen molar-refractivity contribution in [3.05, 3.63) is 29.8 Å². The monoisotopic (exact) mass is 353 g/mol. The molecule has 136 valence electrons. The highest BCUT2D eigenvalue weighted by Crippen LogP contribution is 2.38. The Morgan fingerprint density at radius 3 is 3.04 bits per heavy atom. The molecule has 3 atom stereocenters. The summed E-state index contributed by atoms with van der Waals surface area (Å²) in [5.74, 6) is 1.68. The molecule has 5 rings (SSSR count). The van der Waals surface area contributed by atoms with Gasteiger partial charge in [-0.05, 0) is 44.1 Å². The summed E-state index contributed by atoms with van der Waals surface area (Å²) in [6, 6.07) is 2.13. The molecule has 0 aliphatic carbocycles. The number of nitrogens with zero attached hydrogens (tertiary/aromatic N) is 5. The van der Waals surface area contributed by atoms with Crippen molar-refractivity contribution in [2.24, 2.45) is 11.8 Å². The number of imidazole rings is 1. The number of carbonyl (C=O) groups excluding carboxylic acids is 2. The Kier molecular flexibility index (Phi) is 3.52. The van der Waals surface area contributed by atoms with Gasteiger partial charge in [0, 0.05) is 44.5 Å². The number of rotatable bonds is 1. The molecule has 2 aromatic heterocycles. The second kappa shape index (κ2) is 5.79. The Morgan fingerprint density at radius 1 is 1.27 bits per heavy atom. The van der Waals surface area contributed by atoms with Crippen molar-refractivity contribution in [1.82, 2.24) is 24.2 Å². The van der Waals surface area contributed by atoms with Gasteiger partial charge >= 0.3 is 0 Å². The van der Waals surface area contributed by atoms with E-state index in [0.29, 0.717) is 41.7 Å². The van der Waals surface area contributed by atoms with Gasteiger partial charge in [0.2, 0.25) is 11.7 Å². The lowest BCUT2D eigenvalue weighted by Crippen LogP contribution is -2.61. The van der Waals surface area contributed by atoms with Gasteiger partial charge in [-0.1, -0.05) is 0 Å². The molecule has 3 aliphatic heterocycles. The van der Waals surface area contributed by atoms with Crippen LogP contribution >= 0.6 is 0 Å². The third kappa shape index (κ3) is 2.33. The van der Waals surface area contributed by atoms with Crippen molar-refractivity contribution in [2.75, 3.05) is 19.6 Å². The Bertz CT molecular complexity index is 891. The Balaban J connectivity index is 1.44. The Labute approximate surface area is 152 Å².